The number of aromatic amines is 2. The third-order valence-electron chi connectivity index (χ3n) is 4.01. The summed E-state index contributed by atoms with van der Waals surface area (Å²) >= 11 is 0. The smallest absolute Gasteiger partial charge is 0.287 e. The molecule has 0 unspecified atom stereocenters. The summed E-state index contributed by atoms with van der Waals surface area (Å²) in [4.78, 5) is 18.5. The summed E-state index contributed by atoms with van der Waals surface area (Å²) in [6, 6.07) is 15.8. The predicted octanol–water partition coefficient (Wildman–Crippen LogP) is 3.72. The van der Waals surface area contributed by atoms with Crippen molar-refractivity contribution in [2.45, 2.75) is 6.92 Å². The van der Waals surface area contributed by atoms with E-state index in [0.29, 0.717) is 5.69 Å². The molecule has 0 fully saturated rings. The quantitative estimate of drug-likeness (QED) is 0.391. The highest BCUT2D eigenvalue weighted by molar-refractivity contribution is 6.01. The SMILES string of the molecule is Cc1ccc2[nH]c(C(=O)N/N=C/c3c[nH]c4ccccc34)cc2c1. The van der Waals surface area contributed by atoms with Crippen LogP contribution in [-0.2, 0) is 0 Å². The minimum absolute atomic E-state index is 0.264. The zero-order chi connectivity index (χ0) is 16.5. The van der Waals surface area contributed by atoms with Gasteiger partial charge in [-0.2, -0.15) is 5.10 Å². The van der Waals surface area contributed by atoms with Gasteiger partial charge < -0.3 is 9.97 Å². The fourth-order valence-electron chi connectivity index (χ4n) is 2.80. The van der Waals surface area contributed by atoms with Crippen LogP contribution in [0.3, 0.4) is 0 Å². The molecule has 2 aromatic carbocycles. The molecule has 5 nitrogen and oxygen atoms in total. The van der Waals surface area contributed by atoms with Gasteiger partial charge in [0.1, 0.15) is 5.69 Å². The Morgan fingerprint density at radius 3 is 2.92 bits per heavy atom. The molecule has 0 radical (unpaired) electrons. The number of benzene rings is 2. The number of fused-ring (bicyclic) bond motifs is 2. The van der Waals surface area contributed by atoms with E-state index in [4.69, 9.17) is 0 Å². The monoisotopic (exact) mass is 316 g/mol. The van der Waals surface area contributed by atoms with E-state index >= 15 is 0 Å². The van der Waals surface area contributed by atoms with Gasteiger partial charge in [-0.15, -0.1) is 0 Å². The standard InChI is InChI=1S/C19H16N4O/c1-12-6-7-16-13(8-12)9-18(22-16)19(24)23-21-11-14-10-20-17-5-3-2-4-15(14)17/h2-11,20,22H,1H3,(H,23,24)/b21-11+. The molecule has 4 aromatic rings. The van der Waals surface area contributed by atoms with Gasteiger partial charge in [0, 0.05) is 33.6 Å². The van der Waals surface area contributed by atoms with Crippen LogP contribution >= 0.6 is 0 Å². The Labute approximate surface area is 138 Å². The molecular formula is C19H16N4O. The number of amides is 1. The van der Waals surface area contributed by atoms with Crippen LogP contribution in [-0.4, -0.2) is 22.1 Å². The molecule has 0 aliphatic heterocycles. The Kier molecular flexibility index (Phi) is 3.39. The van der Waals surface area contributed by atoms with Crippen molar-refractivity contribution in [1.82, 2.24) is 15.4 Å². The molecule has 0 spiro atoms. The van der Waals surface area contributed by atoms with E-state index in [1.165, 1.54) is 0 Å². The lowest BCUT2D eigenvalue weighted by molar-refractivity contribution is 0.0951. The molecule has 0 aliphatic carbocycles. The van der Waals surface area contributed by atoms with Crippen molar-refractivity contribution in [2.24, 2.45) is 5.10 Å². The lowest BCUT2D eigenvalue weighted by Gasteiger charge is -1.96. The van der Waals surface area contributed by atoms with E-state index in [9.17, 15) is 4.79 Å². The molecule has 118 valence electrons. The third kappa shape index (κ3) is 2.56. The number of para-hydroxylation sites is 1. The summed E-state index contributed by atoms with van der Waals surface area (Å²) < 4.78 is 0. The normalized spacial score (nSPS) is 11.5. The van der Waals surface area contributed by atoms with Crippen LogP contribution in [0.15, 0.2) is 59.8 Å². The number of nitrogens with zero attached hydrogens (tertiary/aromatic N) is 1. The molecule has 0 saturated carbocycles. The highest BCUT2D eigenvalue weighted by atomic mass is 16.2. The lowest BCUT2D eigenvalue weighted by Crippen LogP contribution is -2.17. The summed E-state index contributed by atoms with van der Waals surface area (Å²) in [5.41, 5.74) is 7.12. The Balaban J connectivity index is 1.53. The van der Waals surface area contributed by atoms with Crippen LogP contribution in [0.2, 0.25) is 0 Å². The average Bonchev–Trinajstić information content (AvgIpc) is 3.18. The Bertz CT molecular complexity index is 1070. The molecule has 0 atom stereocenters. The maximum absolute atomic E-state index is 12.2. The fraction of sp³-hybridized carbons (Fsp3) is 0.0526. The summed E-state index contributed by atoms with van der Waals surface area (Å²) in [5.74, 6) is -0.264. The van der Waals surface area contributed by atoms with Crippen molar-refractivity contribution in [3.8, 4) is 0 Å². The number of aryl methyl sites for hydroxylation is 1. The molecule has 4 rings (SSSR count). The van der Waals surface area contributed by atoms with E-state index < -0.39 is 0 Å². The van der Waals surface area contributed by atoms with E-state index in [2.05, 4.69) is 20.5 Å². The van der Waals surface area contributed by atoms with E-state index in [1.54, 1.807) is 6.21 Å². The first kappa shape index (κ1) is 14.3. The second-order valence-electron chi connectivity index (χ2n) is 5.76. The molecule has 24 heavy (non-hydrogen) atoms. The predicted molar refractivity (Wildman–Crippen MR) is 96.4 cm³/mol. The van der Waals surface area contributed by atoms with Gasteiger partial charge in [0.15, 0.2) is 0 Å². The van der Waals surface area contributed by atoms with Gasteiger partial charge in [-0.1, -0.05) is 29.8 Å². The van der Waals surface area contributed by atoms with Crippen molar-refractivity contribution in [3.05, 3.63) is 71.5 Å². The summed E-state index contributed by atoms with van der Waals surface area (Å²) in [5, 5.41) is 6.14. The van der Waals surface area contributed by atoms with Crippen molar-refractivity contribution in [3.63, 3.8) is 0 Å². The zero-order valence-electron chi connectivity index (χ0n) is 13.1. The number of hydrogen-bond donors (Lipinski definition) is 3. The van der Waals surface area contributed by atoms with Gasteiger partial charge in [-0.25, -0.2) is 5.43 Å². The third-order valence-corrected chi connectivity index (χ3v) is 4.01. The van der Waals surface area contributed by atoms with Crippen molar-refractivity contribution >= 4 is 33.9 Å². The molecule has 1 amide bonds. The molecule has 5 heteroatoms. The van der Waals surface area contributed by atoms with Crippen molar-refractivity contribution in [1.29, 1.82) is 0 Å². The van der Waals surface area contributed by atoms with E-state index in [1.807, 2.05) is 61.7 Å². The van der Waals surface area contributed by atoms with E-state index in [0.717, 1.165) is 32.9 Å². The van der Waals surface area contributed by atoms with Crippen LogP contribution in [0.4, 0.5) is 0 Å². The number of hydrogen-bond acceptors (Lipinski definition) is 2. The van der Waals surface area contributed by atoms with Crippen LogP contribution in [0.1, 0.15) is 21.6 Å². The number of aromatic nitrogens is 2. The molecule has 0 bridgehead atoms. The van der Waals surface area contributed by atoms with Crippen LogP contribution in [0.25, 0.3) is 21.8 Å². The summed E-state index contributed by atoms with van der Waals surface area (Å²) in [6.45, 7) is 2.03. The van der Waals surface area contributed by atoms with Crippen molar-refractivity contribution in [2.75, 3.05) is 0 Å². The molecule has 2 heterocycles. The molecule has 0 aliphatic rings. The number of hydrazone groups is 1. The van der Waals surface area contributed by atoms with Gasteiger partial charge in [0.25, 0.3) is 5.91 Å². The van der Waals surface area contributed by atoms with Gasteiger partial charge in [0.2, 0.25) is 0 Å². The second kappa shape index (κ2) is 5.70. The number of carbonyl (C=O) groups excluding carboxylic acids is 1. The maximum atomic E-state index is 12.2. The van der Waals surface area contributed by atoms with Gasteiger partial charge in [-0.05, 0) is 31.2 Å². The van der Waals surface area contributed by atoms with Crippen molar-refractivity contribution < 1.29 is 4.79 Å². The summed E-state index contributed by atoms with van der Waals surface area (Å²) in [7, 11) is 0. The first-order chi connectivity index (χ1) is 11.7. The first-order valence-electron chi connectivity index (χ1n) is 7.69. The molecular weight excluding hydrogens is 300 g/mol. The van der Waals surface area contributed by atoms with Gasteiger partial charge in [-0.3, -0.25) is 4.79 Å². The fourth-order valence-corrected chi connectivity index (χ4v) is 2.80. The minimum Gasteiger partial charge on any atom is -0.361 e. The molecule has 3 N–H and O–H groups in total. The minimum atomic E-state index is -0.264. The first-order valence-corrected chi connectivity index (χ1v) is 7.69. The topological polar surface area (TPSA) is 73.0 Å². The second-order valence-corrected chi connectivity index (χ2v) is 5.76. The Hall–Kier alpha value is -3.34. The lowest BCUT2D eigenvalue weighted by atomic mass is 10.2. The maximum Gasteiger partial charge on any atom is 0.287 e. The summed E-state index contributed by atoms with van der Waals surface area (Å²) in [6.07, 6.45) is 3.51. The average molecular weight is 316 g/mol. The van der Waals surface area contributed by atoms with E-state index in [-0.39, 0.29) is 5.91 Å². The van der Waals surface area contributed by atoms with Crippen LogP contribution < -0.4 is 5.43 Å². The number of H-pyrrole nitrogens is 2. The highest BCUT2D eigenvalue weighted by Crippen LogP contribution is 2.17. The highest BCUT2D eigenvalue weighted by Gasteiger charge is 2.08. The number of nitrogens with one attached hydrogen (secondary N) is 3. The largest absolute Gasteiger partial charge is 0.361 e. The molecule has 0 saturated heterocycles. The molecule has 2 aromatic heterocycles. The Morgan fingerprint density at radius 2 is 2.00 bits per heavy atom. The van der Waals surface area contributed by atoms with Crippen LogP contribution in [0.5, 0.6) is 0 Å². The van der Waals surface area contributed by atoms with Gasteiger partial charge >= 0.3 is 0 Å². The van der Waals surface area contributed by atoms with Crippen LogP contribution in [0, 0.1) is 6.92 Å². The Morgan fingerprint density at radius 1 is 1.12 bits per heavy atom. The number of carbonyl (C=O) groups is 1. The zero-order valence-corrected chi connectivity index (χ0v) is 13.1. The van der Waals surface area contributed by atoms with Gasteiger partial charge in [0.05, 0.1) is 6.21 Å². The number of rotatable bonds is 3.